The van der Waals surface area contributed by atoms with E-state index >= 15 is 0 Å². The van der Waals surface area contributed by atoms with Gasteiger partial charge in [0.2, 0.25) is 6.79 Å². The lowest BCUT2D eigenvalue weighted by molar-refractivity contribution is 0.174. The Balaban J connectivity index is 2.25. The van der Waals surface area contributed by atoms with Crippen molar-refractivity contribution in [1.29, 1.82) is 0 Å². The number of hydrogen-bond donors (Lipinski definition) is 0. The van der Waals surface area contributed by atoms with Gasteiger partial charge in [0, 0.05) is 0 Å². The van der Waals surface area contributed by atoms with E-state index in [0.29, 0.717) is 13.3 Å². The van der Waals surface area contributed by atoms with Crippen LogP contribution in [0.1, 0.15) is 5.56 Å². The van der Waals surface area contributed by atoms with E-state index in [-0.39, 0.29) is 0 Å². The van der Waals surface area contributed by atoms with Crippen molar-refractivity contribution in [1.82, 2.24) is 0 Å². The summed E-state index contributed by atoms with van der Waals surface area (Å²) in [7, 11) is 0. The molecule has 0 aliphatic carbocycles. The molecule has 13 heavy (non-hydrogen) atoms. The van der Waals surface area contributed by atoms with E-state index in [1.54, 1.807) is 0 Å². The lowest BCUT2D eigenvalue weighted by Gasteiger charge is -1.97. The van der Waals surface area contributed by atoms with Gasteiger partial charge >= 0.3 is 0 Å². The Bertz CT molecular complexity index is 372. The van der Waals surface area contributed by atoms with Crippen LogP contribution in [-0.2, 0) is 6.54 Å². The predicted octanol–water partition coefficient (Wildman–Crippen LogP) is 2.02. The maximum absolute atomic E-state index is 5.21. The molecular weight excluding hydrogens is 186 g/mol. The Morgan fingerprint density at radius 2 is 2.23 bits per heavy atom. The number of rotatable bonds is 2. The molecule has 3 nitrogen and oxygen atoms in total. The molecule has 0 fully saturated rings. The molecule has 0 saturated carbocycles. The lowest BCUT2D eigenvalue weighted by Crippen LogP contribution is -1.92. The van der Waals surface area contributed by atoms with Crippen LogP contribution in [0.25, 0.3) is 0 Å². The molecule has 0 N–H and O–H groups in total. The van der Waals surface area contributed by atoms with E-state index in [9.17, 15) is 0 Å². The van der Waals surface area contributed by atoms with Gasteiger partial charge in [-0.05, 0) is 29.9 Å². The Morgan fingerprint density at radius 1 is 1.38 bits per heavy atom. The van der Waals surface area contributed by atoms with E-state index in [0.717, 1.165) is 17.1 Å². The van der Waals surface area contributed by atoms with Crippen molar-refractivity contribution in [2.45, 2.75) is 6.54 Å². The van der Waals surface area contributed by atoms with Gasteiger partial charge < -0.3 is 9.47 Å². The zero-order chi connectivity index (χ0) is 9.10. The number of ether oxygens (including phenoxy) is 2. The summed E-state index contributed by atoms with van der Waals surface area (Å²) < 4.78 is 10.4. The van der Waals surface area contributed by atoms with Crippen LogP contribution < -0.4 is 9.47 Å². The average molecular weight is 193 g/mol. The van der Waals surface area contributed by atoms with E-state index in [1.165, 1.54) is 0 Å². The number of fused-ring (bicyclic) bond motifs is 1. The number of benzene rings is 1. The van der Waals surface area contributed by atoms with Crippen molar-refractivity contribution in [3.8, 4) is 11.5 Å². The third-order valence-corrected chi connectivity index (χ3v) is 1.89. The Morgan fingerprint density at radius 3 is 3.08 bits per heavy atom. The topological polar surface area (TPSA) is 30.8 Å². The van der Waals surface area contributed by atoms with Gasteiger partial charge in [-0.3, -0.25) is 0 Å². The third kappa shape index (κ3) is 1.69. The van der Waals surface area contributed by atoms with Crippen LogP contribution in [0.4, 0.5) is 0 Å². The van der Waals surface area contributed by atoms with Crippen LogP contribution in [-0.4, -0.2) is 12.0 Å². The first-order valence-corrected chi connectivity index (χ1v) is 4.23. The van der Waals surface area contributed by atoms with Crippen molar-refractivity contribution in [2.75, 3.05) is 6.79 Å². The fraction of sp³-hybridized carbons (Fsp3) is 0.222. The molecule has 2 rings (SSSR count). The Labute approximate surface area is 81.0 Å². The second-order valence-corrected chi connectivity index (χ2v) is 2.78. The van der Waals surface area contributed by atoms with Crippen LogP contribution in [0.2, 0.25) is 0 Å². The molecule has 0 amide bonds. The molecular formula is C9H7NO2S. The highest BCUT2D eigenvalue weighted by molar-refractivity contribution is 7.78. The summed E-state index contributed by atoms with van der Waals surface area (Å²) in [5, 5.41) is 2.32. The molecule has 0 atom stereocenters. The van der Waals surface area contributed by atoms with Crippen molar-refractivity contribution >= 4 is 17.4 Å². The Hall–Kier alpha value is -1.38. The van der Waals surface area contributed by atoms with Crippen molar-refractivity contribution in [3.63, 3.8) is 0 Å². The van der Waals surface area contributed by atoms with Crippen molar-refractivity contribution in [3.05, 3.63) is 23.8 Å². The van der Waals surface area contributed by atoms with Gasteiger partial charge in [0.1, 0.15) is 0 Å². The molecule has 0 bridgehead atoms. The second kappa shape index (κ2) is 3.56. The van der Waals surface area contributed by atoms with E-state index in [2.05, 4.69) is 22.4 Å². The summed E-state index contributed by atoms with van der Waals surface area (Å²) in [5.41, 5.74) is 1.04. The molecule has 1 heterocycles. The number of aliphatic imine (C=N–C) groups is 1. The molecule has 1 aromatic rings. The standard InChI is InChI=1S/C9H7NO2S/c13-5-10-4-7-1-2-8-9(3-7)12-6-11-8/h1-3H,4,6H2. The summed E-state index contributed by atoms with van der Waals surface area (Å²) in [6.45, 7) is 0.843. The average Bonchev–Trinajstić information content (AvgIpc) is 2.61. The van der Waals surface area contributed by atoms with E-state index in [1.807, 2.05) is 18.2 Å². The number of thiocarbonyl (C=S) groups is 1. The predicted molar refractivity (Wildman–Crippen MR) is 51.3 cm³/mol. The van der Waals surface area contributed by atoms with Crippen LogP contribution in [0.15, 0.2) is 23.2 Å². The van der Waals surface area contributed by atoms with Gasteiger partial charge in [0.25, 0.3) is 0 Å². The quantitative estimate of drug-likeness (QED) is 0.531. The molecule has 1 aliphatic heterocycles. The molecule has 0 radical (unpaired) electrons. The van der Waals surface area contributed by atoms with Gasteiger partial charge in [-0.15, -0.1) is 0 Å². The summed E-state index contributed by atoms with van der Waals surface area (Å²) in [4.78, 5) is 3.84. The molecule has 0 saturated heterocycles. The van der Waals surface area contributed by atoms with Gasteiger partial charge in [-0.1, -0.05) is 6.07 Å². The fourth-order valence-corrected chi connectivity index (χ4v) is 1.23. The molecule has 66 valence electrons. The van der Waals surface area contributed by atoms with E-state index < -0.39 is 0 Å². The zero-order valence-corrected chi connectivity index (χ0v) is 7.63. The SMILES string of the molecule is S=C=NCc1ccc2c(c1)OCO2. The summed E-state index contributed by atoms with van der Waals surface area (Å²) in [6, 6.07) is 5.71. The molecule has 0 unspecified atom stereocenters. The largest absolute Gasteiger partial charge is 0.454 e. The van der Waals surface area contributed by atoms with Crippen LogP contribution in [0.3, 0.4) is 0 Å². The number of nitrogens with zero attached hydrogens (tertiary/aromatic N) is 1. The Kier molecular flexibility index (Phi) is 2.25. The fourth-order valence-electron chi connectivity index (χ4n) is 1.16. The number of hydrogen-bond acceptors (Lipinski definition) is 4. The summed E-state index contributed by atoms with van der Waals surface area (Å²) in [5.74, 6) is 1.56. The van der Waals surface area contributed by atoms with Gasteiger partial charge in [-0.2, -0.15) is 0 Å². The van der Waals surface area contributed by atoms with Gasteiger partial charge in [-0.25, -0.2) is 4.99 Å². The molecule has 0 spiro atoms. The smallest absolute Gasteiger partial charge is 0.231 e. The normalized spacial score (nSPS) is 12.3. The maximum atomic E-state index is 5.21. The van der Waals surface area contributed by atoms with Crippen molar-refractivity contribution < 1.29 is 9.47 Å². The second-order valence-electron chi connectivity index (χ2n) is 2.60. The first-order chi connectivity index (χ1) is 6.40. The summed E-state index contributed by atoms with van der Waals surface area (Å²) >= 11 is 4.48. The minimum atomic E-state index is 0.301. The third-order valence-electron chi connectivity index (χ3n) is 1.76. The van der Waals surface area contributed by atoms with Crippen molar-refractivity contribution in [2.24, 2.45) is 4.99 Å². The monoisotopic (exact) mass is 193 g/mol. The molecule has 4 heteroatoms. The summed E-state index contributed by atoms with van der Waals surface area (Å²) in [6.07, 6.45) is 0. The highest BCUT2D eigenvalue weighted by Gasteiger charge is 2.12. The van der Waals surface area contributed by atoms with Gasteiger partial charge in [0.15, 0.2) is 11.5 Å². The minimum Gasteiger partial charge on any atom is -0.454 e. The maximum Gasteiger partial charge on any atom is 0.231 e. The highest BCUT2D eigenvalue weighted by Crippen LogP contribution is 2.32. The van der Waals surface area contributed by atoms with E-state index in [4.69, 9.17) is 9.47 Å². The highest BCUT2D eigenvalue weighted by atomic mass is 32.1. The molecule has 1 aliphatic rings. The number of isothiocyanates is 1. The zero-order valence-electron chi connectivity index (χ0n) is 6.82. The molecule has 0 aromatic heterocycles. The lowest BCUT2D eigenvalue weighted by atomic mass is 10.2. The first kappa shape index (κ1) is 8.23. The molecule has 1 aromatic carbocycles. The first-order valence-electron chi connectivity index (χ1n) is 3.82. The van der Waals surface area contributed by atoms with Crippen LogP contribution in [0, 0.1) is 0 Å². The van der Waals surface area contributed by atoms with Gasteiger partial charge in [0.05, 0.1) is 11.7 Å². The minimum absolute atomic E-state index is 0.301. The van der Waals surface area contributed by atoms with Crippen LogP contribution in [0.5, 0.6) is 11.5 Å². The van der Waals surface area contributed by atoms with Crippen LogP contribution >= 0.6 is 12.2 Å².